The number of hydrogen-bond acceptors (Lipinski definition) is 6. The van der Waals surface area contributed by atoms with Crippen LogP contribution in [0.5, 0.6) is 0 Å². The molecule has 1 aromatic rings. The molecule has 0 bridgehead atoms. The molecule has 0 aliphatic rings. The van der Waals surface area contributed by atoms with Crippen LogP contribution >= 0.6 is 0 Å². The van der Waals surface area contributed by atoms with E-state index in [0.717, 1.165) is 22.5 Å². The normalized spacial score (nSPS) is 12.4. The number of nitrogens with one attached hydrogen (secondary N) is 2. The SMILES string of the molecule is CC[C@@H](C)NC(=O)NC(=O)COC(=O)c1cc(S(=O)(=O)N(C)C)ccc1F. The van der Waals surface area contributed by atoms with Gasteiger partial charge in [-0.25, -0.2) is 26.7 Å². The summed E-state index contributed by atoms with van der Waals surface area (Å²) >= 11 is 0. The lowest BCUT2D eigenvalue weighted by molar-refractivity contribution is -0.123. The summed E-state index contributed by atoms with van der Waals surface area (Å²) in [6.07, 6.45) is 0.655. The molecule has 0 heterocycles. The zero-order valence-corrected chi connectivity index (χ0v) is 16.2. The molecule has 0 saturated heterocycles. The Morgan fingerprint density at radius 2 is 1.89 bits per heavy atom. The second-order valence-corrected chi connectivity index (χ2v) is 7.99. The molecule has 0 aliphatic carbocycles. The molecule has 1 atom stereocenters. The molecule has 11 heteroatoms. The number of hydrogen-bond donors (Lipinski definition) is 2. The number of urea groups is 1. The molecule has 0 spiro atoms. The average Bonchev–Trinajstić information content (AvgIpc) is 2.59. The Balaban J connectivity index is 2.78. The zero-order chi connectivity index (χ0) is 20.8. The molecule has 27 heavy (non-hydrogen) atoms. The second-order valence-electron chi connectivity index (χ2n) is 5.84. The minimum absolute atomic E-state index is 0.157. The summed E-state index contributed by atoms with van der Waals surface area (Å²) in [5.74, 6) is -3.16. The fourth-order valence-electron chi connectivity index (χ4n) is 1.77. The number of imide groups is 1. The quantitative estimate of drug-likeness (QED) is 0.651. The van der Waals surface area contributed by atoms with Crippen molar-refractivity contribution < 1.29 is 31.9 Å². The Kier molecular flexibility index (Phi) is 7.85. The number of nitrogens with zero attached hydrogens (tertiary/aromatic N) is 1. The van der Waals surface area contributed by atoms with E-state index in [0.29, 0.717) is 6.42 Å². The fourth-order valence-corrected chi connectivity index (χ4v) is 2.69. The van der Waals surface area contributed by atoms with Gasteiger partial charge < -0.3 is 10.1 Å². The second kappa shape index (κ2) is 9.42. The molecule has 0 fully saturated rings. The number of benzene rings is 1. The Hall–Kier alpha value is -2.53. The predicted octanol–water partition coefficient (Wildman–Crippen LogP) is 0.857. The largest absolute Gasteiger partial charge is 0.452 e. The predicted molar refractivity (Wildman–Crippen MR) is 94.0 cm³/mol. The lowest BCUT2D eigenvalue weighted by atomic mass is 10.2. The van der Waals surface area contributed by atoms with E-state index in [2.05, 4.69) is 10.1 Å². The van der Waals surface area contributed by atoms with Crippen molar-refractivity contribution in [1.82, 2.24) is 14.9 Å². The lowest BCUT2D eigenvalue weighted by Crippen LogP contribution is -2.44. The van der Waals surface area contributed by atoms with Crippen molar-refractivity contribution in [2.45, 2.75) is 31.2 Å². The Morgan fingerprint density at radius 1 is 1.26 bits per heavy atom. The number of ether oxygens (including phenoxy) is 1. The highest BCUT2D eigenvalue weighted by atomic mass is 32.2. The van der Waals surface area contributed by atoms with Crippen molar-refractivity contribution in [2.75, 3.05) is 20.7 Å². The van der Waals surface area contributed by atoms with Gasteiger partial charge in [0.25, 0.3) is 5.91 Å². The first kappa shape index (κ1) is 22.5. The number of rotatable bonds is 7. The van der Waals surface area contributed by atoms with Gasteiger partial charge in [0, 0.05) is 20.1 Å². The van der Waals surface area contributed by atoms with E-state index in [1.807, 2.05) is 12.2 Å². The average molecular weight is 403 g/mol. The van der Waals surface area contributed by atoms with Crippen LogP contribution in [-0.2, 0) is 19.6 Å². The van der Waals surface area contributed by atoms with Crippen LogP contribution in [-0.4, -0.2) is 57.4 Å². The third-order valence-electron chi connectivity index (χ3n) is 3.51. The number of sulfonamides is 1. The summed E-state index contributed by atoms with van der Waals surface area (Å²) in [6, 6.07) is 1.73. The number of carbonyl (C=O) groups is 3. The summed E-state index contributed by atoms with van der Waals surface area (Å²) < 4.78 is 43.5. The van der Waals surface area contributed by atoms with Gasteiger partial charge in [-0.2, -0.15) is 0 Å². The molecule has 9 nitrogen and oxygen atoms in total. The molecule has 0 saturated carbocycles. The number of esters is 1. The van der Waals surface area contributed by atoms with Gasteiger partial charge in [0.1, 0.15) is 5.82 Å². The van der Waals surface area contributed by atoms with E-state index in [1.54, 1.807) is 6.92 Å². The maximum Gasteiger partial charge on any atom is 0.341 e. The highest BCUT2D eigenvalue weighted by molar-refractivity contribution is 7.89. The van der Waals surface area contributed by atoms with Crippen LogP contribution in [0.2, 0.25) is 0 Å². The summed E-state index contributed by atoms with van der Waals surface area (Å²) in [4.78, 5) is 34.8. The van der Waals surface area contributed by atoms with Crippen LogP contribution in [0.1, 0.15) is 30.6 Å². The zero-order valence-electron chi connectivity index (χ0n) is 15.4. The molecule has 1 aromatic carbocycles. The summed E-state index contributed by atoms with van der Waals surface area (Å²) in [6.45, 7) is 2.74. The molecule has 0 aliphatic heterocycles. The molecule has 0 unspecified atom stereocenters. The van der Waals surface area contributed by atoms with E-state index in [-0.39, 0.29) is 10.9 Å². The van der Waals surface area contributed by atoms with Crippen molar-refractivity contribution in [3.05, 3.63) is 29.6 Å². The monoisotopic (exact) mass is 403 g/mol. The molecule has 150 valence electrons. The van der Waals surface area contributed by atoms with Gasteiger partial charge in [0.15, 0.2) is 6.61 Å². The molecule has 2 N–H and O–H groups in total. The number of halogens is 1. The first-order valence-electron chi connectivity index (χ1n) is 7.98. The Bertz CT molecular complexity index is 825. The summed E-state index contributed by atoms with van der Waals surface area (Å²) in [5.41, 5.74) is -0.644. The van der Waals surface area contributed by atoms with Crippen LogP contribution < -0.4 is 10.6 Å². The molecule has 0 aromatic heterocycles. The highest BCUT2D eigenvalue weighted by Gasteiger charge is 2.22. The van der Waals surface area contributed by atoms with E-state index < -0.39 is 45.9 Å². The third-order valence-corrected chi connectivity index (χ3v) is 5.32. The van der Waals surface area contributed by atoms with Gasteiger partial charge in [-0.3, -0.25) is 10.1 Å². The summed E-state index contributed by atoms with van der Waals surface area (Å²) in [5, 5.41) is 4.44. The van der Waals surface area contributed by atoms with Crippen LogP contribution in [0, 0.1) is 5.82 Å². The van der Waals surface area contributed by atoms with Gasteiger partial charge in [-0.05, 0) is 31.5 Å². The van der Waals surface area contributed by atoms with Crippen LogP contribution in [0.15, 0.2) is 23.1 Å². The number of amides is 3. The van der Waals surface area contributed by atoms with E-state index in [4.69, 9.17) is 0 Å². The third kappa shape index (κ3) is 6.29. The minimum atomic E-state index is -3.88. The molecule has 1 rings (SSSR count). The van der Waals surface area contributed by atoms with Gasteiger partial charge >= 0.3 is 12.0 Å². The van der Waals surface area contributed by atoms with Crippen LogP contribution in [0.4, 0.5) is 9.18 Å². The smallest absolute Gasteiger partial charge is 0.341 e. The molecular formula is C16H22FN3O6S. The summed E-state index contributed by atoms with van der Waals surface area (Å²) in [7, 11) is -1.32. The molecule has 3 amide bonds. The van der Waals surface area contributed by atoms with E-state index >= 15 is 0 Å². The first-order chi connectivity index (χ1) is 12.5. The van der Waals surface area contributed by atoms with Crippen molar-refractivity contribution in [3.8, 4) is 0 Å². The maximum atomic E-state index is 13.9. The van der Waals surface area contributed by atoms with Crippen LogP contribution in [0.25, 0.3) is 0 Å². The fraction of sp³-hybridized carbons (Fsp3) is 0.438. The molecular weight excluding hydrogens is 381 g/mol. The Labute approximate surface area is 156 Å². The Morgan fingerprint density at radius 3 is 2.44 bits per heavy atom. The van der Waals surface area contributed by atoms with Crippen molar-refractivity contribution in [3.63, 3.8) is 0 Å². The van der Waals surface area contributed by atoms with Gasteiger partial charge in [-0.15, -0.1) is 0 Å². The van der Waals surface area contributed by atoms with Gasteiger partial charge in [0.05, 0.1) is 10.5 Å². The van der Waals surface area contributed by atoms with E-state index in [9.17, 15) is 27.2 Å². The molecule has 0 radical (unpaired) electrons. The van der Waals surface area contributed by atoms with E-state index in [1.165, 1.54) is 14.1 Å². The van der Waals surface area contributed by atoms with Crippen molar-refractivity contribution >= 4 is 27.9 Å². The minimum Gasteiger partial charge on any atom is -0.452 e. The first-order valence-corrected chi connectivity index (χ1v) is 9.42. The van der Waals surface area contributed by atoms with Crippen molar-refractivity contribution in [2.24, 2.45) is 0 Å². The standard InChI is InChI=1S/C16H22FN3O6S/c1-5-10(2)18-16(23)19-14(21)9-26-15(22)12-8-11(6-7-13(12)17)27(24,25)20(3)4/h6-8,10H,5,9H2,1-4H3,(H2,18,19,21,23)/t10-/m1/s1. The van der Waals surface area contributed by atoms with Crippen molar-refractivity contribution in [1.29, 1.82) is 0 Å². The van der Waals surface area contributed by atoms with Crippen LogP contribution in [0.3, 0.4) is 0 Å². The van der Waals surface area contributed by atoms with Gasteiger partial charge in [0.2, 0.25) is 10.0 Å². The van der Waals surface area contributed by atoms with Gasteiger partial charge in [-0.1, -0.05) is 6.92 Å². The highest BCUT2D eigenvalue weighted by Crippen LogP contribution is 2.18. The number of carbonyl (C=O) groups excluding carboxylic acids is 3. The lowest BCUT2D eigenvalue weighted by Gasteiger charge is -2.13. The maximum absolute atomic E-state index is 13.9. The topological polar surface area (TPSA) is 122 Å².